The number of methoxy groups -OCH3 is 3. The minimum absolute atomic E-state index is 0.0203. The number of rotatable bonds is 7. The Morgan fingerprint density at radius 2 is 1.50 bits per heavy atom. The summed E-state index contributed by atoms with van der Waals surface area (Å²) >= 11 is 0. The van der Waals surface area contributed by atoms with E-state index in [1.807, 2.05) is 54.6 Å². The van der Waals surface area contributed by atoms with Gasteiger partial charge in [0.2, 0.25) is 12.5 Å². The Balaban J connectivity index is 1.57. The van der Waals surface area contributed by atoms with Crippen LogP contribution in [0.5, 0.6) is 34.5 Å². The van der Waals surface area contributed by atoms with E-state index in [1.54, 1.807) is 21.3 Å². The minimum atomic E-state index is -0.336. The van der Waals surface area contributed by atoms with E-state index in [4.69, 9.17) is 28.4 Å². The van der Waals surface area contributed by atoms with E-state index in [9.17, 15) is 0 Å². The van der Waals surface area contributed by atoms with Crippen LogP contribution in [-0.2, 0) is 0 Å². The van der Waals surface area contributed by atoms with E-state index in [2.05, 4.69) is 17.8 Å². The average molecular weight is 465 g/mol. The van der Waals surface area contributed by atoms with E-state index in [0.717, 1.165) is 22.6 Å². The fourth-order valence-corrected chi connectivity index (χ4v) is 4.59. The van der Waals surface area contributed by atoms with Crippen LogP contribution >= 0.6 is 0 Å². The van der Waals surface area contributed by atoms with Crippen molar-refractivity contribution in [2.45, 2.75) is 19.1 Å². The average Bonchev–Trinajstić information content (AvgIpc) is 3.33. The standard InChI is InChI=1S/C26H28N2O6/c1-15-24(16-10-22(29-2)25(31-4)23(11-16)30-3)18-12-20-21(33-14-32-20)13-19(18)34-26(15)28-27-17-8-6-5-7-9-17/h5-13,15,24,26-28H,14H2,1-4H3/t15-,24-,26-/m0/s1. The van der Waals surface area contributed by atoms with Crippen LogP contribution in [0, 0.1) is 5.92 Å². The van der Waals surface area contributed by atoms with Crippen LogP contribution in [0.15, 0.2) is 54.6 Å². The molecule has 0 saturated heterocycles. The molecule has 8 heteroatoms. The molecular formula is C26H28N2O6. The number of hydrogen-bond donors (Lipinski definition) is 2. The molecule has 0 fully saturated rings. The zero-order valence-corrected chi connectivity index (χ0v) is 19.6. The van der Waals surface area contributed by atoms with Gasteiger partial charge in [-0.1, -0.05) is 25.1 Å². The molecule has 3 aromatic carbocycles. The van der Waals surface area contributed by atoms with Gasteiger partial charge in [0.25, 0.3) is 0 Å². The summed E-state index contributed by atoms with van der Waals surface area (Å²) in [6.45, 7) is 2.34. The van der Waals surface area contributed by atoms with E-state index in [-0.39, 0.29) is 24.9 Å². The Labute approximate surface area is 198 Å². The maximum absolute atomic E-state index is 6.40. The van der Waals surface area contributed by atoms with Crippen molar-refractivity contribution in [2.24, 2.45) is 5.92 Å². The van der Waals surface area contributed by atoms with Gasteiger partial charge in [-0.15, -0.1) is 0 Å². The van der Waals surface area contributed by atoms with Crippen molar-refractivity contribution in [3.05, 3.63) is 65.7 Å². The Bertz CT molecular complexity index is 1140. The second kappa shape index (κ2) is 9.23. The smallest absolute Gasteiger partial charge is 0.231 e. The molecule has 178 valence electrons. The molecule has 0 bridgehead atoms. The highest BCUT2D eigenvalue weighted by Gasteiger charge is 2.39. The molecule has 3 atom stereocenters. The lowest BCUT2D eigenvalue weighted by molar-refractivity contribution is 0.0862. The van der Waals surface area contributed by atoms with Crippen molar-refractivity contribution in [1.29, 1.82) is 0 Å². The second-order valence-corrected chi connectivity index (χ2v) is 8.21. The zero-order chi connectivity index (χ0) is 23.7. The summed E-state index contributed by atoms with van der Waals surface area (Å²) < 4.78 is 34.5. The van der Waals surface area contributed by atoms with E-state index in [1.165, 1.54) is 0 Å². The molecule has 2 heterocycles. The molecule has 2 N–H and O–H groups in total. The number of nitrogens with one attached hydrogen (secondary N) is 2. The van der Waals surface area contributed by atoms with E-state index >= 15 is 0 Å². The summed E-state index contributed by atoms with van der Waals surface area (Å²) in [4.78, 5) is 0. The summed E-state index contributed by atoms with van der Waals surface area (Å²) in [7, 11) is 4.84. The third-order valence-corrected chi connectivity index (χ3v) is 6.28. The summed E-state index contributed by atoms with van der Waals surface area (Å²) in [6, 6.07) is 17.8. The minimum Gasteiger partial charge on any atom is -0.493 e. The number of fused-ring (bicyclic) bond motifs is 2. The highest BCUT2D eigenvalue weighted by Crippen LogP contribution is 2.51. The topological polar surface area (TPSA) is 79.4 Å². The van der Waals surface area contributed by atoms with Crippen LogP contribution in [-0.4, -0.2) is 34.4 Å². The maximum atomic E-state index is 6.40. The first kappa shape index (κ1) is 22.0. The molecule has 0 unspecified atom stereocenters. The summed E-state index contributed by atoms with van der Waals surface area (Å²) in [6.07, 6.45) is -0.336. The summed E-state index contributed by atoms with van der Waals surface area (Å²) in [5, 5.41) is 0. The van der Waals surface area contributed by atoms with Crippen LogP contribution < -0.4 is 39.3 Å². The lowest BCUT2D eigenvalue weighted by Crippen LogP contribution is -2.47. The summed E-state index contributed by atoms with van der Waals surface area (Å²) in [5.74, 6) is 3.84. The van der Waals surface area contributed by atoms with E-state index < -0.39 is 0 Å². The number of hydrazine groups is 1. The predicted octanol–water partition coefficient (Wildman–Crippen LogP) is 4.54. The van der Waals surface area contributed by atoms with Gasteiger partial charge in [0.05, 0.1) is 21.3 Å². The molecule has 3 aromatic rings. The van der Waals surface area contributed by atoms with Crippen molar-refractivity contribution in [3.8, 4) is 34.5 Å². The normalized spacial score (nSPS) is 20.2. The molecule has 2 aliphatic rings. The first-order chi connectivity index (χ1) is 16.6. The number of anilines is 1. The second-order valence-electron chi connectivity index (χ2n) is 8.21. The number of ether oxygens (including phenoxy) is 6. The third-order valence-electron chi connectivity index (χ3n) is 6.28. The van der Waals surface area contributed by atoms with Gasteiger partial charge >= 0.3 is 0 Å². The molecule has 0 saturated carbocycles. The van der Waals surface area contributed by atoms with Crippen molar-refractivity contribution in [2.75, 3.05) is 33.5 Å². The lowest BCUT2D eigenvalue weighted by Gasteiger charge is -2.39. The molecule has 0 spiro atoms. The van der Waals surface area contributed by atoms with Crippen molar-refractivity contribution in [3.63, 3.8) is 0 Å². The molecule has 2 aliphatic heterocycles. The van der Waals surface area contributed by atoms with Crippen molar-refractivity contribution in [1.82, 2.24) is 5.43 Å². The predicted molar refractivity (Wildman–Crippen MR) is 127 cm³/mol. The van der Waals surface area contributed by atoms with Crippen molar-refractivity contribution < 1.29 is 28.4 Å². The maximum Gasteiger partial charge on any atom is 0.231 e. The molecule has 34 heavy (non-hydrogen) atoms. The largest absolute Gasteiger partial charge is 0.493 e. The molecular weight excluding hydrogens is 436 g/mol. The van der Waals surface area contributed by atoms with Gasteiger partial charge < -0.3 is 33.8 Å². The van der Waals surface area contributed by atoms with E-state index in [0.29, 0.717) is 28.7 Å². The van der Waals surface area contributed by atoms with Gasteiger partial charge in [0.15, 0.2) is 29.2 Å². The van der Waals surface area contributed by atoms with Crippen LogP contribution in [0.2, 0.25) is 0 Å². The van der Waals surface area contributed by atoms with Crippen LogP contribution in [0.25, 0.3) is 0 Å². The van der Waals surface area contributed by atoms with Gasteiger partial charge in [0, 0.05) is 29.2 Å². The first-order valence-corrected chi connectivity index (χ1v) is 11.1. The molecule has 0 aliphatic carbocycles. The van der Waals surface area contributed by atoms with Crippen LogP contribution in [0.3, 0.4) is 0 Å². The van der Waals surface area contributed by atoms with Gasteiger partial charge in [-0.2, -0.15) is 5.43 Å². The van der Waals surface area contributed by atoms with Gasteiger partial charge in [-0.25, -0.2) is 0 Å². The van der Waals surface area contributed by atoms with Gasteiger partial charge in [0.1, 0.15) is 5.75 Å². The first-order valence-electron chi connectivity index (χ1n) is 11.1. The van der Waals surface area contributed by atoms with Crippen LogP contribution in [0.4, 0.5) is 5.69 Å². The monoisotopic (exact) mass is 464 g/mol. The number of para-hydroxylation sites is 1. The fraction of sp³-hybridized carbons (Fsp3) is 0.308. The Hall–Kier alpha value is -3.78. The van der Waals surface area contributed by atoms with Gasteiger partial charge in [-0.05, 0) is 35.9 Å². The van der Waals surface area contributed by atoms with Crippen LogP contribution in [0.1, 0.15) is 24.0 Å². The molecule has 0 aromatic heterocycles. The quantitative estimate of drug-likeness (QED) is 0.494. The van der Waals surface area contributed by atoms with Crippen molar-refractivity contribution >= 4 is 5.69 Å². The molecule has 0 amide bonds. The van der Waals surface area contributed by atoms with Gasteiger partial charge in [-0.3, -0.25) is 0 Å². The number of hydrogen-bond acceptors (Lipinski definition) is 8. The lowest BCUT2D eigenvalue weighted by atomic mass is 9.78. The molecule has 8 nitrogen and oxygen atoms in total. The highest BCUT2D eigenvalue weighted by molar-refractivity contribution is 5.60. The Morgan fingerprint density at radius 3 is 2.15 bits per heavy atom. The number of benzene rings is 3. The molecule has 0 radical (unpaired) electrons. The fourth-order valence-electron chi connectivity index (χ4n) is 4.59. The Morgan fingerprint density at radius 1 is 0.824 bits per heavy atom. The summed E-state index contributed by atoms with van der Waals surface area (Å²) in [5.41, 5.74) is 9.57. The Kier molecular flexibility index (Phi) is 5.98. The molecule has 5 rings (SSSR count). The highest BCUT2D eigenvalue weighted by atomic mass is 16.7. The SMILES string of the molecule is COc1cc([C@H]2c3cc4c(cc3O[C@H](NNc3ccccc3)[C@H]2C)OCO4)cc(OC)c1OC. The third kappa shape index (κ3) is 3.90. The zero-order valence-electron chi connectivity index (χ0n) is 19.6.